The summed E-state index contributed by atoms with van der Waals surface area (Å²) < 4.78 is 26.5. The molecule has 0 atom stereocenters. The quantitative estimate of drug-likeness (QED) is 0.567. The van der Waals surface area contributed by atoms with Crippen molar-refractivity contribution >= 4 is 25.8 Å². The molecular weight excluding hydrogens is 254 g/mol. The fourth-order valence-corrected chi connectivity index (χ4v) is 5.34. The molecule has 0 unspecified atom stereocenters. The summed E-state index contributed by atoms with van der Waals surface area (Å²) in [5, 5.41) is 11.6. The van der Waals surface area contributed by atoms with Crippen molar-refractivity contribution in [1.82, 2.24) is 5.32 Å². The van der Waals surface area contributed by atoms with Crippen LogP contribution < -0.4 is 5.32 Å². The number of hydrogen-bond acceptors (Lipinski definition) is 6. The summed E-state index contributed by atoms with van der Waals surface area (Å²) in [6, 6.07) is 0. The molecule has 16 heavy (non-hydrogen) atoms. The highest BCUT2D eigenvalue weighted by atomic mass is 33.1. The van der Waals surface area contributed by atoms with Crippen LogP contribution in [0.3, 0.4) is 0 Å². The van der Waals surface area contributed by atoms with Crippen LogP contribution in [0.4, 0.5) is 4.79 Å². The van der Waals surface area contributed by atoms with E-state index < -0.39 is 19.8 Å². The van der Waals surface area contributed by atoms with Crippen LogP contribution in [0.25, 0.3) is 0 Å². The van der Waals surface area contributed by atoms with Crippen molar-refractivity contribution < 1.29 is 23.1 Å². The van der Waals surface area contributed by atoms with Crippen molar-refractivity contribution in [2.45, 2.75) is 17.6 Å². The number of carbonyl (C=O) groups is 1. The summed E-state index contributed by atoms with van der Waals surface area (Å²) in [6.45, 7) is 1.26. The van der Waals surface area contributed by atoms with Gasteiger partial charge < -0.3 is 15.2 Å². The highest BCUT2D eigenvalue weighted by molar-refractivity contribution is 8.72. The van der Waals surface area contributed by atoms with Crippen LogP contribution >= 0.6 is 10.8 Å². The first-order valence-electron chi connectivity index (χ1n) is 4.80. The van der Waals surface area contributed by atoms with Gasteiger partial charge in [-0.25, -0.2) is 13.2 Å². The van der Waals surface area contributed by atoms with Gasteiger partial charge in [0.2, 0.25) is 0 Å². The standard InChI is InChI=1S/C8H15NO5S2/c1-16(12,13)15-8(6-14-7(10)11)2-4-9-5-3-8/h9H,2-6H2,1H3,(H,10,11). The predicted molar refractivity (Wildman–Crippen MR) is 61.2 cm³/mol. The van der Waals surface area contributed by atoms with E-state index >= 15 is 0 Å². The van der Waals surface area contributed by atoms with Gasteiger partial charge in [0.25, 0.3) is 0 Å². The van der Waals surface area contributed by atoms with Gasteiger partial charge in [-0.3, -0.25) is 0 Å². The third kappa shape index (κ3) is 4.58. The second-order valence-electron chi connectivity index (χ2n) is 3.78. The fraction of sp³-hybridized carbons (Fsp3) is 0.875. The Balaban J connectivity index is 2.71. The Labute approximate surface area is 98.1 Å². The van der Waals surface area contributed by atoms with E-state index in [4.69, 9.17) is 5.11 Å². The molecule has 0 aromatic carbocycles. The Morgan fingerprint density at radius 2 is 2.06 bits per heavy atom. The van der Waals surface area contributed by atoms with Gasteiger partial charge in [0.1, 0.15) is 6.61 Å². The van der Waals surface area contributed by atoms with E-state index in [0.29, 0.717) is 25.9 Å². The minimum atomic E-state index is -3.21. The molecule has 0 saturated carbocycles. The van der Waals surface area contributed by atoms with Crippen LogP contribution in [0.15, 0.2) is 0 Å². The number of rotatable bonds is 4. The van der Waals surface area contributed by atoms with E-state index in [1.54, 1.807) is 0 Å². The van der Waals surface area contributed by atoms with Gasteiger partial charge >= 0.3 is 6.16 Å². The summed E-state index contributed by atoms with van der Waals surface area (Å²) >= 11 is 0. The molecule has 0 aromatic rings. The maximum Gasteiger partial charge on any atom is 0.505 e. The second kappa shape index (κ2) is 5.24. The van der Waals surface area contributed by atoms with Gasteiger partial charge in [-0.2, -0.15) is 0 Å². The van der Waals surface area contributed by atoms with Gasteiger partial charge in [-0.15, -0.1) is 0 Å². The van der Waals surface area contributed by atoms with E-state index in [1.807, 2.05) is 0 Å². The lowest BCUT2D eigenvalue weighted by molar-refractivity contribution is 0.0782. The second-order valence-corrected chi connectivity index (χ2v) is 8.53. The first kappa shape index (κ1) is 13.6. The Kier molecular flexibility index (Phi) is 4.45. The smallest absolute Gasteiger partial charge is 0.450 e. The zero-order valence-corrected chi connectivity index (χ0v) is 10.6. The number of hydrogen-bond donors (Lipinski definition) is 2. The van der Waals surface area contributed by atoms with Gasteiger partial charge in [0.05, 0.1) is 4.75 Å². The zero-order chi connectivity index (χ0) is 12.2. The van der Waals surface area contributed by atoms with Gasteiger partial charge in [0.15, 0.2) is 8.87 Å². The highest BCUT2D eigenvalue weighted by Gasteiger charge is 2.38. The summed E-state index contributed by atoms with van der Waals surface area (Å²) in [5.41, 5.74) is 0. The molecule has 1 fully saturated rings. The first-order chi connectivity index (χ1) is 7.33. The van der Waals surface area contributed by atoms with E-state index in [2.05, 4.69) is 10.1 Å². The molecule has 94 valence electrons. The minimum Gasteiger partial charge on any atom is -0.450 e. The van der Waals surface area contributed by atoms with E-state index in [-0.39, 0.29) is 6.61 Å². The van der Waals surface area contributed by atoms with E-state index in [0.717, 1.165) is 17.0 Å². The largest absolute Gasteiger partial charge is 0.505 e. The molecule has 1 heterocycles. The van der Waals surface area contributed by atoms with Gasteiger partial charge in [-0.1, -0.05) is 0 Å². The molecule has 2 N–H and O–H groups in total. The summed E-state index contributed by atoms with van der Waals surface area (Å²) in [4.78, 5) is 10.4. The highest BCUT2D eigenvalue weighted by Crippen LogP contribution is 2.37. The predicted octanol–water partition coefficient (Wildman–Crippen LogP) is 0.496. The minimum absolute atomic E-state index is 0.0816. The molecule has 1 aliphatic heterocycles. The lowest BCUT2D eigenvalue weighted by Crippen LogP contribution is -2.44. The normalized spacial score (nSPS) is 20.3. The maximum atomic E-state index is 11.3. The van der Waals surface area contributed by atoms with Crippen LogP contribution in [0.5, 0.6) is 0 Å². The molecule has 0 amide bonds. The molecule has 0 aromatic heterocycles. The molecule has 8 heteroatoms. The molecule has 0 bridgehead atoms. The summed E-state index contributed by atoms with van der Waals surface area (Å²) in [6.07, 6.45) is 0.921. The van der Waals surface area contributed by atoms with E-state index in [9.17, 15) is 13.2 Å². The first-order valence-corrected chi connectivity index (χ1v) is 8.03. The third-order valence-corrected chi connectivity index (χ3v) is 5.45. The molecule has 0 spiro atoms. The van der Waals surface area contributed by atoms with Crippen LogP contribution in [0, 0.1) is 0 Å². The maximum absolute atomic E-state index is 11.3. The Morgan fingerprint density at radius 1 is 1.50 bits per heavy atom. The number of piperidine rings is 1. The lowest BCUT2D eigenvalue weighted by Gasteiger charge is -2.34. The molecular formula is C8H15NO5S2. The lowest BCUT2D eigenvalue weighted by atomic mass is 9.98. The Morgan fingerprint density at radius 3 is 2.50 bits per heavy atom. The summed E-state index contributed by atoms with van der Waals surface area (Å²) in [5.74, 6) is 0. The van der Waals surface area contributed by atoms with Crippen molar-refractivity contribution in [3.8, 4) is 0 Å². The zero-order valence-electron chi connectivity index (χ0n) is 8.93. The number of nitrogens with one attached hydrogen (secondary N) is 1. The van der Waals surface area contributed by atoms with Crippen LogP contribution in [0.2, 0.25) is 0 Å². The Bertz CT molecular complexity index is 347. The van der Waals surface area contributed by atoms with Gasteiger partial charge in [-0.05, 0) is 36.7 Å². The summed E-state index contributed by atoms with van der Waals surface area (Å²) in [7, 11) is -2.40. The van der Waals surface area contributed by atoms with Crippen molar-refractivity contribution in [3.63, 3.8) is 0 Å². The average Bonchev–Trinajstić information content (AvgIpc) is 2.14. The van der Waals surface area contributed by atoms with E-state index in [1.165, 1.54) is 0 Å². The molecule has 1 aliphatic rings. The third-order valence-electron chi connectivity index (χ3n) is 2.30. The van der Waals surface area contributed by atoms with Crippen molar-refractivity contribution in [3.05, 3.63) is 0 Å². The van der Waals surface area contributed by atoms with Crippen LogP contribution in [-0.2, 0) is 13.6 Å². The van der Waals surface area contributed by atoms with Crippen LogP contribution in [-0.4, -0.2) is 50.4 Å². The SMILES string of the molecule is CS(=O)(=O)SC1(COC(=O)O)CCNCC1. The van der Waals surface area contributed by atoms with Crippen molar-refractivity contribution in [2.24, 2.45) is 0 Å². The van der Waals surface area contributed by atoms with Crippen molar-refractivity contribution in [2.75, 3.05) is 26.0 Å². The molecule has 1 saturated heterocycles. The average molecular weight is 269 g/mol. The van der Waals surface area contributed by atoms with Crippen LogP contribution in [0.1, 0.15) is 12.8 Å². The fourth-order valence-electron chi connectivity index (χ4n) is 1.65. The monoisotopic (exact) mass is 269 g/mol. The van der Waals surface area contributed by atoms with Gasteiger partial charge in [0, 0.05) is 6.26 Å². The topological polar surface area (TPSA) is 92.7 Å². The molecule has 6 nitrogen and oxygen atoms in total. The Hall–Kier alpha value is -0.470. The van der Waals surface area contributed by atoms with Crippen molar-refractivity contribution in [1.29, 1.82) is 0 Å². The number of ether oxygens (including phenoxy) is 1. The molecule has 0 radical (unpaired) electrons. The molecule has 0 aliphatic carbocycles. The molecule has 1 rings (SSSR count). The number of carboxylic acid groups (broad SMARTS) is 1.